The Labute approximate surface area is 147 Å². The van der Waals surface area contributed by atoms with E-state index in [2.05, 4.69) is 16.6 Å². The van der Waals surface area contributed by atoms with Crippen molar-refractivity contribution in [1.29, 1.82) is 0 Å². The number of hydrogen-bond acceptors (Lipinski definition) is 8. The molecule has 8 heteroatoms. The summed E-state index contributed by atoms with van der Waals surface area (Å²) in [6, 6.07) is 0. The summed E-state index contributed by atoms with van der Waals surface area (Å²) in [7, 11) is 0. The van der Waals surface area contributed by atoms with Crippen LogP contribution in [0.15, 0.2) is 22.6 Å². The first-order chi connectivity index (χ1) is 12.2. The minimum absolute atomic E-state index is 0.143. The van der Waals surface area contributed by atoms with Gasteiger partial charge in [0.2, 0.25) is 12.2 Å². The fraction of sp³-hybridized carbons (Fsp3) is 0.706. The van der Waals surface area contributed by atoms with Crippen LogP contribution in [0, 0.1) is 5.92 Å². The fourth-order valence-corrected chi connectivity index (χ4v) is 2.12. The zero-order valence-corrected chi connectivity index (χ0v) is 14.5. The van der Waals surface area contributed by atoms with Gasteiger partial charge in [-0.1, -0.05) is 12.5 Å². The number of isocyanates is 2. The molecule has 0 bridgehead atoms. The SMILES string of the molecule is C=CCOOCCOC(=O)CCCCC(CCCN=C=O)CN=C=O. The summed E-state index contributed by atoms with van der Waals surface area (Å²) in [6.45, 7) is 4.90. The zero-order chi connectivity index (χ0) is 18.6. The molecule has 0 rings (SSSR count). The Balaban J connectivity index is 3.76. The Hall–Kier alpha value is -2.11. The molecule has 0 aromatic rings. The molecule has 0 aromatic heterocycles. The van der Waals surface area contributed by atoms with E-state index < -0.39 is 0 Å². The van der Waals surface area contributed by atoms with Crippen molar-refractivity contribution < 1.29 is 28.9 Å². The maximum Gasteiger partial charge on any atom is 0.305 e. The number of unbranched alkanes of at least 4 members (excludes halogenated alkanes) is 1. The van der Waals surface area contributed by atoms with Gasteiger partial charge in [-0.05, 0) is 31.6 Å². The molecule has 0 amide bonds. The number of aliphatic imine (C=N–C) groups is 2. The maximum absolute atomic E-state index is 11.5. The lowest BCUT2D eigenvalue weighted by atomic mass is 9.96. The summed E-state index contributed by atoms with van der Waals surface area (Å²) in [5.74, 6) is -0.0650. The third-order valence-electron chi connectivity index (χ3n) is 3.30. The van der Waals surface area contributed by atoms with Crippen LogP contribution in [0.2, 0.25) is 0 Å². The van der Waals surface area contributed by atoms with Gasteiger partial charge in [0, 0.05) is 6.42 Å². The van der Waals surface area contributed by atoms with Crippen molar-refractivity contribution in [2.45, 2.75) is 38.5 Å². The average molecular weight is 354 g/mol. The van der Waals surface area contributed by atoms with Gasteiger partial charge in [0.15, 0.2) is 0 Å². The molecule has 140 valence electrons. The molecule has 0 N–H and O–H groups in total. The summed E-state index contributed by atoms with van der Waals surface area (Å²) in [6.07, 6.45) is 8.81. The van der Waals surface area contributed by atoms with Gasteiger partial charge in [-0.2, -0.15) is 0 Å². The van der Waals surface area contributed by atoms with Crippen LogP contribution in [0.25, 0.3) is 0 Å². The number of carbonyl (C=O) groups excluding carboxylic acids is 3. The molecule has 1 atom stereocenters. The molecule has 8 nitrogen and oxygen atoms in total. The number of ether oxygens (including phenoxy) is 1. The maximum atomic E-state index is 11.5. The molecule has 0 aliphatic rings. The van der Waals surface area contributed by atoms with Crippen molar-refractivity contribution in [3.05, 3.63) is 12.7 Å². The minimum Gasteiger partial charge on any atom is -0.463 e. The van der Waals surface area contributed by atoms with Crippen molar-refractivity contribution in [3.8, 4) is 0 Å². The summed E-state index contributed by atoms with van der Waals surface area (Å²) in [5.41, 5.74) is 0. The largest absolute Gasteiger partial charge is 0.463 e. The van der Waals surface area contributed by atoms with Crippen molar-refractivity contribution in [2.75, 3.05) is 32.9 Å². The van der Waals surface area contributed by atoms with Gasteiger partial charge in [0.1, 0.15) is 19.8 Å². The second kappa shape index (κ2) is 18.2. The predicted molar refractivity (Wildman–Crippen MR) is 90.2 cm³/mol. The Morgan fingerprint density at radius 3 is 2.52 bits per heavy atom. The van der Waals surface area contributed by atoms with E-state index in [0.717, 1.165) is 25.7 Å². The van der Waals surface area contributed by atoms with E-state index in [9.17, 15) is 14.4 Å². The van der Waals surface area contributed by atoms with E-state index in [4.69, 9.17) is 14.5 Å². The van der Waals surface area contributed by atoms with Crippen LogP contribution in [0.4, 0.5) is 0 Å². The van der Waals surface area contributed by atoms with Crippen LogP contribution in [-0.2, 0) is 28.9 Å². The molecule has 0 heterocycles. The average Bonchev–Trinajstić information content (AvgIpc) is 2.62. The van der Waals surface area contributed by atoms with E-state index in [0.29, 0.717) is 25.9 Å². The highest BCUT2D eigenvalue weighted by molar-refractivity contribution is 5.69. The number of esters is 1. The van der Waals surface area contributed by atoms with Crippen LogP contribution < -0.4 is 0 Å². The van der Waals surface area contributed by atoms with Gasteiger partial charge >= 0.3 is 5.97 Å². The third-order valence-corrected chi connectivity index (χ3v) is 3.30. The van der Waals surface area contributed by atoms with E-state index in [1.54, 1.807) is 6.08 Å². The highest BCUT2D eigenvalue weighted by atomic mass is 17.2. The lowest BCUT2D eigenvalue weighted by Gasteiger charge is -2.13. The standard InChI is InChI=1S/C17H26N2O6/c1-2-10-24-25-12-11-23-17(22)8-4-3-6-16(13-19-15-21)7-5-9-18-14-20/h2,16H,1,3-13H2. The molecule has 0 saturated carbocycles. The highest BCUT2D eigenvalue weighted by Crippen LogP contribution is 2.16. The number of hydrogen-bond donors (Lipinski definition) is 0. The van der Waals surface area contributed by atoms with Crippen LogP contribution in [-0.4, -0.2) is 51.0 Å². The van der Waals surface area contributed by atoms with Gasteiger partial charge in [0.05, 0.1) is 13.1 Å². The quantitative estimate of drug-likeness (QED) is 0.0755. The molecule has 1 unspecified atom stereocenters. The van der Waals surface area contributed by atoms with Gasteiger partial charge in [-0.25, -0.2) is 29.3 Å². The van der Waals surface area contributed by atoms with Crippen molar-refractivity contribution in [3.63, 3.8) is 0 Å². The molecule has 0 aliphatic carbocycles. The number of carbonyl (C=O) groups is 1. The monoisotopic (exact) mass is 354 g/mol. The Bertz CT molecular complexity index is 456. The van der Waals surface area contributed by atoms with Crippen molar-refractivity contribution >= 4 is 18.1 Å². The molecule has 0 aromatic carbocycles. The van der Waals surface area contributed by atoms with E-state index >= 15 is 0 Å². The molecule has 25 heavy (non-hydrogen) atoms. The number of rotatable bonds is 17. The van der Waals surface area contributed by atoms with E-state index in [-0.39, 0.29) is 31.7 Å². The van der Waals surface area contributed by atoms with Gasteiger partial charge < -0.3 is 4.74 Å². The topological polar surface area (TPSA) is 104 Å². The van der Waals surface area contributed by atoms with Crippen LogP contribution in [0.3, 0.4) is 0 Å². The fourth-order valence-electron chi connectivity index (χ4n) is 2.12. The Morgan fingerprint density at radius 2 is 1.80 bits per heavy atom. The lowest BCUT2D eigenvalue weighted by molar-refractivity contribution is -0.290. The van der Waals surface area contributed by atoms with E-state index in [1.807, 2.05) is 0 Å². The zero-order valence-electron chi connectivity index (χ0n) is 14.5. The first kappa shape index (κ1) is 22.9. The van der Waals surface area contributed by atoms with Gasteiger partial charge in [0.25, 0.3) is 0 Å². The van der Waals surface area contributed by atoms with Crippen LogP contribution >= 0.6 is 0 Å². The normalized spacial score (nSPS) is 11.0. The Morgan fingerprint density at radius 1 is 1.04 bits per heavy atom. The molecule has 0 saturated heterocycles. The van der Waals surface area contributed by atoms with Crippen LogP contribution in [0.5, 0.6) is 0 Å². The summed E-state index contributed by atoms with van der Waals surface area (Å²) < 4.78 is 5.00. The molecule has 0 spiro atoms. The number of nitrogens with zero attached hydrogens (tertiary/aromatic N) is 2. The minimum atomic E-state index is -0.282. The first-order valence-corrected chi connectivity index (χ1v) is 8.32. The van der Waals surface area contributed by atoms with Gasteiger partial charge in [-0.3, -0.25) is 4.79 Å². The summed E-state index contributed by atoms with van der Waals surface area (Å²) >= 11 is 0. The molecule has 0 radical (unpaired) electrons. The second-order valence-electron chi connectivity index (χ2n) is 5.27. The Kier molecular flexibility index (Phi) is 16.7. The highest BCUT2D eigenvalue weighted by Gasteiger charge is 2.09. The molecule has 0 fully saturated rings. The summed E-state index contributed by atoms with van der Waals surface area (Å²) in [5, 5.41) is 0. The first-order valence-electron chi connectivity index (χ1n) is 8.32. The summed E-state index contributed by atoms with van der Waals surface area (Å²) in [4.78, 5) is 48.4. The van der Waals surface area contributed by atoms with Crippen molar-refractivity contribution in [2.24, 2.45) is 15.9 Å². The van der Waals surface area contributed by atoms with Gasteiger partial charge in [-0.15, -0.1) is 6.58 Å². The molecular weight excluding hydrogens is 328 g/mol. The molecular formula is C17H26N2O6. The van der Waals surface area contributed by atoms with Crippen molar-refractivity contribution in [1.82, 2.24) is 0 Å². The molecule has 0 aliphatic heterocycles. The van der Waals surface area contributed by atoms with E-state index in [1.165, 1.54) is 12.2 Å². The predicted octanol–water partition coefficient (Wildman–Crippen LogP) is 2.29. The third kappa shape index (κ3) is 16.5. The smallest absolute Gasteiger partial charge is 0.305 e. The lowest BCUT2D eigenvalue weighted by Crippen LogP contribution is -2.11. The van der Waals surface area contributed by atoms with Crippen LogP contribution in [0.1, 0.15) is 38.5 Å². The second-order valence-corrected chi connectivity index (χ2v) is 5.27.